The average Bonchev–Trinajstić information content (AvgIpc) is 2.92. The van der Waals surface area contributed by atoms with Crippen molar-refractivity contribution in [3.8, 4) is 5.69 Å². The van der Waals surface area contributed by atoms with E-state index in [0.29, 0.717) is 4.57 Å². The van der Waals surface area contributed by atoms with E-state index in [1.54, 1.807) is 0 Å². The Morgan fingerprint density at radius 2 is 1.92 bits per heavy atom. The molecule has 0 saturated carbocycles. The monoisotopic (exact) mass is 369 g/mol. The van der Waals surface area contributed by atoms with Gasteiger partial charge in [0.1, 0.15) is 17.0 Å². The summed E-state index contributed by atoms with van der Waals surface area (Å²) in [5.41, 5.74) is -4.11. The van der Waals surface area contributed by atoms with Crippen LogP contribution in [0.5, 0.6) is 0 Å². The lowest BCUT2D eigenvalue weighted by atomic mass is 10.2. The number of alkyl halides is 3. The molecule has 0 fully saturated rings. The molecule has 0 atom stereocenters. The maximum absolute atomic E-state index is 14.4. The van der Waals surface area contributed by atoms with E-state index in [2.05, 4.69) is 16.9 Å². The number of fused-ring (bicyclic) bond motifs is 1. The van der Waals surface area contributed by atoms with E-state index >= 15 is 0 Å². The van der Waals surface area contributed by atoms with Crippen molar-refractivity contribution >= 4 is 11.0 Å². The highest BCUT2D eigenvalue weighted by Gasteiger charge is 2.35. The Bertz CT molecular complexity index is 1140. The maximum Gasteiger partial charge on any atom is 0.431 e. The van der Waals surface area contributed by atoms with Gasteiger partial charge in [-0.3, -0.25) is 9.36 Å². The van der Waals surface area contributed by atoms with Gasteiger partial charge in [0.05, 0.1) is 17.7 Å². The molecule has 7 nitrogen and oxygen atoms in total. The first-order valence-corrected chi connectivity index (χ1v) is 7.19. The summed E-state index contributed by atoms with van der Waals surface area (Å²) in [6.45, 7) is 3.76. The van der Waals surface area contributed by atoms with Crippen LogP contribution in [0.4, 0.5) is 17.6 Å². The largest absolute Gasteiger partial charge is 0.431 e. The van der Waals surface area contributed by atoms with E-state index in [9.17, 15) is 27.2 Å². The van der Waals surface area contributed by atoms with Gasteiger partial charge in [-0.05, 0) is 6.07 Å². The molecule has 3 aromatic rings. The third-order valence-corrected chi connectivity index (χ3v) is 3.74. The second-order valence-corrected chi connectivity index (χ2v) is 5.40. The molecule has 0 spiro atoms. The van der Waals surface area contributed by atoms with Gasteiger partial charge >= 0.3 is 11.9 Å². The van der Waals surface area contributed by atoms with Gasteiger partial charge in [0, 0.05) is 19.2 Å². The number of benzene rings is 1. The molecule has 11 heteroatoms. The Kier molecular flexibility index (Phi) is 4.01. The lowest BCUT2D eigenvalue weighted by Crippen LogP contribution is -2.41. The van der Waals surface area contributed by atoms with Gasteiger partial charge in [0.2, 0.25) is 0 Å². The van der Waals surface area contributed by atoms with Crippen LogP contribution in [0, 0.1) is 5.82 Å². The van der Waals surface area contributed by atoms with Gasteiger partial charge < -0.3 is 0 Å². The molecule has 0 N–H and O–H groups in total. The second-order valence-electron chi connectivity index (χ2n) is 5.40. The lowest BCUT2D eigenvalue weighted by Gasteiger charge is -2.14. The average molecular weight is 369 g/mol. The highest BCUT2D eigenvalue weighted by molar-refractivity contribution is 5.77. The smallest absolute Gasteiger partial charge is 0.292 e. The summed E-state index contributed by atoms with van der Waals surface area (Å²) < 4.78 is 55.1. The van der Waals surface area contributed by atoms with Crippen LogP contribution in [0.25, 0.3) is 16.7 Å². The molecule has 0 aliphatic carbocycles. The van der Waals surface area contributed by atoms with Crippen molar-refractivity contribution in [2.75, 3.05) is 0 Å². The lowest BCUT2D eigenvalue weighted by molar-refractivity contribution is -0.144. The van der Waals surface area contributed by atoms with Crippen LogP contribution in [-0.4, -0.2) is 24.1 Å². The molecule has 0 saturated heterocycles. The molecule has 2 heterocycles. The molecule has 0 radical (unpaired) electrons. The van der Waals surface area contributed by atoms with E-state index in [1.807, 2.05) is 0 Å². The van der Waals surface area contributed by atoms with Crippen molar-refractivity contribution < 1.29 is 17.6 Å². The minimum Gasteiger partial charge on any atom is -0.292 e. The van der Waals surface area contributed by atoms with Gasteiger partial charge in [-0.2, -0.15) is 13.2 Å². The van der Waals surface area contributed by atoms with Crippen molar-refractivity contribution in [1.29, 1.82) is 0 Å². The highest BCUT2D eigenvalue weighted by Crippen LogP contribution is 2.27. The zero-order chi connectivity index (χ0) is 19.2. The topological polar surface area (TPSA) is 74.7 Å². The van der Waals surface area contributed by atoms with Crippen molar-refractivity contribution in [2.24, 2.45) is 7.05 Å². The van der Waals surface area contributed by atoms with E-state index in [1.165, 1.54) is 10.8 Å². The predicted molar refractivity (Wildman–Crippen MR) is 83.5 cm³/mol. The molecule has 0 aliphatic heterocycles. The van der Waals surface area contributed by atoms with E-state index in [0.717, 1.165) is 19.2 Å². The number of aromatic nitrogens is 5. The van der Waals surface area contributed by atoms with E-state index in [4.69, 9.17) is 0 Å². The molecule has 0 unspecified atom stereocenters. The molecular formula is C15H11F4N5O2. The van der Waals surface area contributed by atoms with Crippen LogP contribution >= 0.6 is 0 Å². The zero-order valence-corrected chi connectivity index (χ0v) is 13.3. The summed E-state index contributed by atoms with van der Waals surface area (Å²) in [6, 6.07) is 2.31. The van der Waals surface area contributed by atoms with Crippen molar-refractivity contribution in [2.45, 2.75) is 12.7 Å². The van der Waals surface area contributed by atoms with Crippen LogP contribution in [0.3, 0.4) is 0 Å². The molecule has 0 bridgehead atoms. The van der Waals surface area contributed by atoms with E-state index < -0.39 is 34.6 Å². The minimum absolute atomic E-state index is 0.157. The second kappa shape index (κ2) is 5.93. The van der Waals surface area contributed by atoms with Gasteiger partial charge in [0.15, 0.2) is 0 Å². The number of nitrogens with zero attached hydrogens (tertiary/aromatic N) is 5. The first kappa shape index (κ1) is 17.6. The fraction of sp³-hybridized carbons (Fsp3) is 0.200. The number of rotatable bonds is 3. The Morgan fingerprint density at radius 1 is 1.23 bits per heavy atom. The molecular weight excluding hydrogens is 358 g/mol. The molecule has 26 heavy (non-hydrogen) atoms. The molecule has 136 valence electrons. The summed E-state index contributed by atoms with van der Waals surface area (Å²) in [5, 5.41) is 7.53. The van der Waals surface area contributed by atoms with Gasteiger partial charge in [0.25, 0.3) is 5.56 Å². The highest BCUT2D eigenvalue weighted by atomic mass is 19.4. The first-order chi connectivity index (χ1) is 12.1. The maximum atomic E-state index is 14.4. The third-order valence-electron chi connectivity index (χ3n) is 3.74. The van der Waals surface area contributed by atoms with Crippen LogP contribution in [0.1, 0.15) is 5.69 Å². The quantitative estimate of drug-likeness (QED) is 0.520. The van der Waals surface area contributed by atoms with Crippen LogP contribution < -0.4 is 11.2 Å². The van der Waals surface area contributed by atoms with Crippen LogP contribution in [0.2, 0.25) is 0 Å². The Balaban J connectivity index is 2.34. The predicted octanol–water partition coefficient (Wildman–Crippen LogP) is 1.62. The Morgan fingerprint density at radius 3 is 2.54 bits per heavy atom. The summed E-state index contributed by atoms with van der Waals surface area (Å²) in [5.74, 6) is -0.998. The fourth-order valence-electron chi connectivity index (χ4n) is 2.53. The molecule has 2 aromatic heterocycles. The third kappa shape index (κ3) is 2.70. The number of allylic oxidation sites excluding steroid dienone is 1. The summed E-state index contributed by atoms with van der Waals surface area (Å²) in [6.07, 6.45) is -3.40. The summed E-state index contributed by atoms with van der Waals surface area (Å²) in [4.78, 5) is 24.4. The fourth-order valence-corrected chi connectivity index (χ4v) is 2.53. The Hall–Kier alpha value is -3.24. The van der Waals surface area contributed by atoms with Crippen molar-refractivity contribution in [3.63, 3.8) is 0 Å². The van der Waals surface area contributed by atoms with Crippen molar-refractivity contribution in [3.05, 3.63) is 63.2 Å². The van der Waals surface area contributed by atoms with Gasteiger partial charge in [-0.25, -0.2) is 18.4 Å². The molecule has 0 aliphatic rings. The van der Waals surface area contributed by atoms with Crippen molar-refractivity contribution in [1.82, 2.24) is 24.1 Å². The van der Waals surface area contributed by atoms with Crippen LogP contribution in [0.15, 0.2) is 40.4 Å². The number of hydrogen-bond acceptors (Lipinski definition) is 4. The SMILES string of the molecule is C=CCn1nnc2cc(F)c(-n3c(=O)cc(C(F)(F)F)n(C)c3=O)cc21. The zero-order valence-electron chi connectivity index (χ0n) is 13.3. The Labute approximate surface area is 142 Å². The standard InChI is InChI=1S/C15H11F4N5O2/c1-3-4-23-11-6-10(8(16)5-9(11)20-21-23)24-13(25)7-12(15(17,18)19)22(2)14(24)26/h3,5-7H,1,4H2,2H3. The normalized spacial score (nSPS) is 11.9. The number of halogens is 4. The minimum atomic E-state index is -4.90. The van der Waals surface area contributed by atoms with E-state index in [-0.39, 0.29) is 28.2 Å². The molecule has 1 aromatic carbocycles. The summed E-state index contributed by atoms with van der Waals surface area (Å²) in [7, 11) is 0.848. The van der Waals surface area contributed by atoms with Gasteiger partial charge in [-0.15, -0.1) is 11.7 Å². The van der Waals surface area contributed by atoms with Crippen LogP contribution in [-0.2, 0) is 19.8 Å². The first-order valence-electron chi connectivity index (χ1n) is 7.19. The molecule has 0 amide bonds. The number of hydrogen-bond donors (Lipinski definition) is 0. The molecule has 3 rings (SSSR count). The summed E-state index contributed by atoms with van der Waals surface area (Å²) >= 11 is 0. The van der Waals surface area contributed by atoms with Gasteiger partial charge in [-0.1, -0.05) is 11.3 Å².